The first-order valence-electron chi connectivity index (χ1n) is 0.120. The van der Waals surface area contributed by atoms with E-state index in [0.717, 1.165) is 0 Å². The average molecular weight is 228 g/mol. The van der Waals surface area contributed by atoms with E-state index in [9.17, 15) is 0 Å². The van der Waals surface area contributed by atoms with Crippen molar-refractivity contribution >= 4 is 9.53 Å². The van der Waals surface area contributed by atoms with Crippen LogP contribution in [0.3, 0.4) is 0 Å². The van der Waals surface area contributed by atoms with Gasteiger partial charge in [-0.3, -0.25) is 0 Å². The van der Waals surface area contributed by atoms with E-state index in [2.05, 4.69) is 27.7 Å². The molecule has 0 amide bonds. The van der Waals surface area contributed by atoms with Crippen LogP contribution in [0.15, 0.2) is 0 Å². The molecule has 0 unspecified atom stereocenters. The Morgan fingerprint density at radius 1 is 0.714 bits per heavy atom. The Kier molecular flexibility index (Phi) is 6490. The van der Waals surface area contributed by atoms with Gasteiger partial charge in [-0.05, 0) is 0 Å². The van der Waals surface area contributed by atoms with Gasteiger partial charge in [0.05, 0.1) is 0 Å². The standard InChI is InChI=1S/ClH.5H3N.Pd/h1H;5*1H3;. The normalized spacial score (nSPS) is 1.00. The second-order valence-electron chi connectivity index (χ2n) is 0. The van der Waals surface area contributed by atoms with Crippen molar-refractivity contribution < 1.29 is 18.2 Å². The third-order valence-electron chi connectivity index (χ3n) is 0. The molecule has 0 heterocycles. The van der Waals surface area contributed by atoms with Gasteiger partial charge in [-0.15, -0.1) is 0 Å². The minimum Gasteiger partial charge on any atom is -0.369 e. The Morgan fingerprint density at radius 2 is 0.714 bits per heavy atom. The largest absolute Gasteiger partial charge is 0.369 e. The van der Waals surface area contributed by atoms with E-state index in [-0.39, 0.29) is 30.8 Å². The van der Waals surface area contributed by atoms with Gasteiger partial charge < -0.3 is 30.8 Å². The minimum absolute atomic E-state index is 0. The fourth-order valence-corrected chi connectivity index (χ4v) is 0. The van der Waals surface area contributed by atoms with Gasteiger partial charge in [0, 0.05) is 0 Å². The third-order valence-corrected chi connectivity index (χ3v) is 0. The van der Waals surface area contributed by atoms with Crippen LogP contribution in [0.5, 0.6) is 0 Å². The van der Waals surface area contributed by atoms with Gasteiger partial charge in [-0.1, -0.05) is 0 Å². The second kappa shape index (κ2) is 395. The van der Waals surface area contributed by atoms with Crippen molar-refractivity contribution in [3.05, 3.63) is 0 Å². The van der Waals surface area contributed by atoms with Crippen molar-refractivity contribution in [2.45, 2.75) is 0 Å². The first-order valence-corrected chi connectivity index (χ1v) is 2.12. The maximum absolute atomic E-state index is 4.49. The summed E-state index contributed by atoms with van der Waals surface area (Å²) in [6, 6.07) is 0. The van der Waals surface area contributed by atoms with Gasteiger partial charge in [-0.2, -0.15) is 0 Å². The predicted octanol–water partition coefficient (Wildman–Crippen LogP) is 1.71. The zero-order chi connectivity index (χ0) is 2.00. The van der Waals surface area contributed by atoms with Gasteiger partial charge in [0.25, 0.3) is 0 Å². The summed E-state index contributed by atoms with van der Waals surface area (Å²) >= 11 is 2.22. The summed E-state index contributed by atoms with van der Waals surface area (Å²) in [6.45, 7) is 0. The van der Waals surface area contributed by atoms with Gasteiger partial charge in [0.1, 0.15) is 0 Å². The summed E-state index contributed by atoms with van der Waals surface area (Å²) in [6.07, 6.45) is 0. The molecule has 0 fully saturated rings. The molecule has 0 aromatic rings. The Morgan fingerprint density at radius 3 is 0.714 bits per heavy atom. The Balaban J connectivity index is -0.000000000500. The molecular weight excluding hydrogens is 212 g/mol. The summed E-state index contributed by atoms with van der Waals surface area (Å²) in [5, 5.41) is 0. The van der Waals surface area contributed by atoms with Gasteiger partial charge in [0.2, 0.25) is 0 Å². The van der Waals surface area contributed by atoms with Crippen molar-refractivity contribution in [1.82, 2.24) is 30.8 Å². The first-order chi connectivity index (χ1) is 1.00. The van der Waals surface area contributed by atoms with Crippen molar-refractivity contribution in [2.75, 3.05) is 0 Å². The van der Waals surface area contributed by atoms with Crippen LogP contribution in [0.2, 0.25) is 0 Å². The van der Waals surface area contributed by atoms with Crippen LogP contribution in [0, 0.1) is 0 Å². The van der Waals surface area contributed by atoms with Crippen molar-refractivity contribution in [3.8, 4) is 0 Å². The van der Waals surface area contributed by atoms with Crippen molar-refractivity contribution in [3.63, 3.8) is 0 Å². The quantitative estimate of drug-likeness (QED) is 0.396. The topological polar surface area (TPSA) is 176 Å². The molecule has 16 N–H and O–H groups in total. The number of hydrogen-bond donors (Lipinski definition) is 5. The summed E-state index contributed by atoms with van der Waals surface area (Å²) in [7, 11) is 4.49. The minimum atomic E-state index is 0. The number of halogens is 1. The zero-order valence-electron chi connectivity index (χ0n) is 4.52. The van der Waals surface area contributed by atoms with E-state index in [1.165, 1.54) is 0 Å². The SMILES string of the molecule is N.N.N.N.[Cl][Pd-].[NH4+]. The van der Waals surface area contributed by atoms with E-state index in [0.29, 0.717) is 0 Å². The van der Waals surface area contributed by atoms with E-state index >= 15 is 0 Å². The smallest absolute Gasteiger partial charge is 0.369 e. The van der Waals surface area contributed by atoms with Crippen LogP contribution in [0.25, 0.3) is 0 Å². The molecular formula is H16ClN5Pd. The van der Waals surface area contributed by atoms with Crippen LogP contribution in [-0.2, 0) is 18.2 Å². The summed E-state index contributed by atoms with van der Waals surface area (Å²) < 4.78 is 0. The summed E-state index contributed by atoms with van der Waals surface area (Å²) in [5.74, 6) is 0. The number of hydrogen-bond acceptors (Lipinski definition) is 4. The molecule has 7 heavy (non-hydrogen) atoms. The third kappa shape index (κ3) is 269. The molecule has 0 saturated carbocycles. The second-order valence-corrected chi connectivity index (χ2v) is 0. The number of quaternary nitrogens is 1. The van der Waals surface area contributed by atoms with E-state index in [1.54, 1.807) is 0 Å². The zero-order valence-corrected chi connectivity index (χ0v) is 6.83. The molecule has 0 saturated heterocycles. The predicted molar refractivity (Wildman–Crippen MR) is 31.9 cm³/mol. The molecule has 0 aliphatic rings. The molecule has 0 aliphatic heterocycles. The molecule has 58 valence electrons. The van der Waals surface area contributed by atoms with Crippen molar-refractivity contribution in [2.24, 2.45) is 0 Å². The van der Waals surface area contributed by atoms with Crippen LogP contribution < -0.4 is 30.8 Å². The monoisotopic (exact) mass is 227 g/mol. The fraction of sp³-hybridized carbons (Fsp3) is 0. The Bertz CT molecular complexity index is 8.04. The van der Waals surface area contributed by atoms with Crippen LogP contribution in [-0.4, -0.2) is 0 Å². The molecule has 0 aromatic carbocycles. The maximum Gasteiger partial charge on any atom is -0.369 e. The van der Waals surface area contributed by atoms with Crippen LogP contribution in [0.4, 0.5) is 0 Å². The molecule has 0 bridgehead atoms. The average Bonchev–Trinajstić information content (AvgIpc) is 1.00. The fourth-order valence-electron chi connectivity index (χ4n) is 0. The molecule has 0 aromatic heterocycles. The van der Waals surface area contributed by atoms with Gasteiger partial charge in [-0.25, -0.2) is 0 Å². The van der Waals surface area contributed by atoms with E-state index in [1.807, 2.05) is 0 Å². The Labute approximate surface area is 58.9 Å². The molecule has 0 rings (SSSR count). The molecule has 0 atom stereocenters. The molecule has 5 nitrogen and oxygen atoms in total. The molecule has 7 heteroatoms. The maximum atomic E-state index is 4.49. The molecule has 0 spiro atoms. The van der Waals surface area contributed by atoms with Crippen LogP contribution >= 0.6 is 9.53 Å². The Hall–Kier alpha value is 0.752. The van der Waals surface area contributed by atoms with E-state index in [4.69, 9.17) is 0 Å². The summed E-state index contributed by atoms with van der Waals surface area (Å²) in [4.78, 5) is 0. The van der Waals surface area contributed by atoms with Crippen molar-refractivity contribution in [1.29, 1.82) is 0 Å². The molecule has 0 aliphatic carbocycles. The van der Waals surface area contributed by atoms with Gasteiger partial charge in [0.15, 0.2) is 0 Å². The van der Waals surface area contributed by atoms with Crippen LogP contribution in [0.1, 0.15) is 0 Å². The first kappa shape index (κ1) is 115. The van der Waals surface area contributed by atoms with Gasteiger partial charge >= 0.3 is 27.7 Å². The number of rotatable bonds is 0. The molecule has 0 radical (unpaired) electrons. The van der Waals surface area contributed by atoms with E-state index < -0.39 is 0 Å². The summed E-state index contributed by atoms with van der Waals surface area (Å²) in [5.41, 5.74) is 0.